The maximum Gasteiger partial charge on any atom is 0.262 e. The van der Waals surface area contributed by atoms with Gasteiger partial charge in [0.05, 0.1) is 11.3 Å². The summed E-state index contributed by atoms with van der Waals surface area (Å²) in [7, 11) is 1.69. The summed E-state index contributed by atoms with van der Waals surface area (Å²) in [6.45, 7) is 2.16. The number of hydrogen-bond donors (Lipinski definition) is 1. The Hall–Kier alpha value is -1.95. The third kappa shape index (κ3) is 3.21. The molecule has 0 unspecified atom stereocenters. The van der Waals surface area contributed by atoms with Crippen LogP contribution in [0.4, 0.5) is 15.9 Å². The number of carbonyl (C=O) groups is 1. The van der Waals surface area contributed by atoms with Gasteiger partial charge in [0.15, 0.2) is 0 Å². The molecule has 110 valence electrons. The van der Waals surface area contributed by atoms with Gasteiger partial charge >= 0.3 is 0 Å². The van der Waals surface area contributed by atoms with Crippen molar-refractivity contribution >= 4 is 33.3 Å². The number of halogens is 2. The number of rotatable bonds is 4. The summed E-state index contributed by atoms with van der Waals surface area (Å²) < 4.78 is 14.6. The number of amides is 1. The second-order valence-corrected chi connectivity index (χ2v) is 5.22. The molecule has 1 aromatic carbocycles. The minimum Gasteiger partial charge on any atom is -0.372 e. The highest BCUT2D eigenvalue weighted by atomic mass is 79.9. The van der Waals surface area contributed by atoms with E-state index in [1.165, 1.54) is 11.0 Å². The zero-order valence-electron chi connectivity index (χ0n) is 11.7. The molecular formula is C15H15BrFN3O. The lowest BCUT2D eigenvalue weighted by atomic mass is 10.2. The Morgan fingerprint density at radius 2 is 2.14 bits per heavy atom. The Morgan fingerprint density at radius 3 is 2.76 bits per heavy atom. The molecule has 21 heavy (non-hydrogen) atoms. The Morgan fingerprint density at radius 1 is 1.43 bits per heavy atom. The van der Waals surface area contributed by atoms with Gasteiger partial charge in [-0.1, -0.05) is 12.1 Å². The van der Waals surface area contributed by atoms with E-state index in [0.717, 1.165) is 0 Å². The molecule has 0 fully saturated rings. The van der Waals surface area contributed by atoms with Crippen molar-refractivity contribution in [1.29, 1.82) is 0 Å². The predicted octanol–water partition coefficient (Wildman–Crippen LogP) is 3.69. The monoisotopic (exact) mass is 351 g/mol. The van der Waals surface area contributed by atoms with Crippen LogP contribution in [0.2, 0.25) is 0 Å². The topological polar surface area (TPSA) is 45.2 Å². The van der Waals surface area contributed by atoms with Crippen LogP contribution in [0.1, 0.15) is 17.3 Å². The summed E-state index contributed by atoms with van der Waals surface area (Å²) in [5, 5.41) is 2.88. The minimum absolute atomic E-state index is 0.257. The van der Waals surface area contributed by atoms with Crippen LogP contribution >= 0.6 is 15.9 Å². The lowest BCUT2D eigenvalue weighted by molar-refractivity contribution is 0.0988. The van der Waals surface area contributed by atoms with Crippen molar-refractivity contribution in [3.8, 4) is 0 Å². The summed E-state index contributed by atoms with van der Waals surface area (Å²) in [6.07, 6.45) is 1.60. The standard InChI is InChI=1S/C15H15BrFN3O/c1-3-20(13-7-5-4-6-12(13)17)15(21)11-8-10(16)9-19-14(11)18-2/h4-9H,3H2,1-2H3,(H,18,19). The minimum atomic E-state index is -0.429. The quantitative estimate of drug-likeness (QED) is 0.913. The van der Waals surface area contributed by atoms with Gasteiger partial charge in [0.25, 0.3) is 5.91 Å². The number of carbonyl (C=O) groups excluding carboxylic acids is 1. The molecule has 0 saturated carbocycles. The first-order valence-electron chi connectivity index (χ1n) is 6.48. The molecule has 6 heteroatoms. The highest BCUT2D eigenvalue weighted by Crippen LogP contribution is 2.24. The van der Waals surface area contributed by atoms with Crippen LogP contribution in [0, 0.1) is 5.82 Å². The SMILES string of the molecule is CCN(C(=O)c1cc(Br)cnc1NC)c1ccccc1F. The van der Waals surface area contributed by atoms with E-state index in [1.54, 1.807) is 44.4 Å². The predicted molar refractivity (Wildman–Crippen MR) is 85.2 cm³/mol. The van der Waals surface area contributed by atoms with Gasteiger partial charge in [0.2, 0.25) is 0 Å². The van der Waals surface area contributed by atoms with Crippen LogP contribution in [0.15, 0.2) is 41.0 Å². The smallest absolute Gasteiger partial charge is 0.262 e. The zero-order valence-corrected chi connectivity index (χ0v) is 13.3. The van der Waals surface area contributed by atoms with E-state index in [2.05, 4.69) is 26.2 Å². The zero-order chi connectivity index (χ0) is 15.4. The fourth-order valence-corrected chi connectivity index (χ4v) is 2.37. The van der Waals surface area contributed by atoms with Gasteiger partial charge in [-0.3, -0.25) is 4.79 Å². The van der Waals surface area contributed by atoms with Gasteiger partial charge in [0, 0.05) is 24.3 Å². The van der Waals surface area contributed by atoms with Crippen LogP contribution < -0.4 is 10.2 Å². The molecule has 4 nitrogen and oxygen atoms in total. The average molecular weight is 352 g/mol. The normalized spacial score (nSPS) is 10.3. The van der Waals surface area contributed by atoms with Crippen molar-refractivity contribution in [2.75, 3.05) is 23.8 Å². The molecular weight excluding hydrogens is 337 g/mol. The fraction of sp³-hybridized carbons (Fsp3) is 0.200. The molecule has 1 N–H and O–H groups in total. The van der Waals surface area contributed by atoms with Crippen LogP contribution in [-0.4, -0.2) is 24.5 Å². The number of anilines is 2. The lowest BCUT2D eigenvalue weighted by Crippen LogP contribution is -2.32. The highest BCUT2D eigenvalue weighted by Gasteiger charge is 2.22. The maximum absolute atomic E-state index is 13.9. The Bertz CT molecular complexity index is 663. The maximum atomic E-state index is 13.9. The summed E-state index contributed by atoms with van der Waals surface area (Å²) >= 11 is 3.30. The lowest BCUT2D eigenvalue weighted by Gasteiger charge is -2.22. The molecule has 0 bridgehead atoms. The van der Waals surface area contributed by atoms with E-state index in [4.69, 9.17) is 0 Å². The third-order valence-electron chi connectivity index (χ3n) is 3.03. The van der Waals surface area contributed by atoms with Gasteiger partial charge in [-0.15, -0.1) is 0 Å². The molecule has 0 aliphatic heterocycles. The van der Waals surface area contributed by atoms with E-state index in [0.29, 0.717) is 22.4 Å². The molecule has 2 aromatic rings. The molecule has 0 atom stereocenters. The number of pyridine rings is 1. The first-order valence-corrected chi connectivity index (χ1v) is 7.27. The van der Waals surface area contributed by atoms with Crippen LogP contribution in [-0.2, 0) is 0 Å². The van der Waals surface area contributed by atoms with Crippen molar-refractivity contribution in [3.05, 3.63) is 52.4 Å². The Kier molecular flexibility index (Phi) is 4.90. The van der Waals surface area contributed by atoms with Crippen LogP contribution in [0.25, 0.3) is 0 Å². The molecule has 0 radical (unpaired) electrons. The number of nitrogens with zero attached hydrogens (tertiary/aromatic N) is 2. The van der Waals surface area contributed by atoms with Crippen LogP contribution in [0.3, 0.4) is 0 Å². The fourth-order valence-electron chi connectivity index (χ4n) is 2.04. The van der Waals surface area contributed by atoms with E-state index in [1.807, 2.05) is 0 Å². The first kappa shape index (κ1) is 15.4. The molecule has 0 spiro atoms. The molecule has 1 aromatic heterocycles. The number of benzene rings is 1. The molecule has 1 amide bonds. The summed E-state index contributed by atoms with van der Waals surface area (Å²) in [5.74, 6) is -0.277. The molecule has 0 aliphatic rings. The average Bonchev–Trinajstić information content (AvgIpc) is 2.49. The molecule has 0 saturated heterocycles. The van der Waals surface area contributed by atoms with Crippen LogP contribution in [0.5, 0.6) is 0 Å². The van der Waals surface area contributed by atoms with Crippen molar-refractivity contribution in [2.45, 2.75) is 6.92 Å². The number of para-hydroxylation sites is 1. The van der Waals surface area contributed by atoms with Gasteiger partial charge in [-0.05, 0) is 41.1 Å². The Balaban J connectivity index is 2.46. The van der Waals surface area contributed by atoms with Gasteiger partial charge < -0.3 is 10.2 Å². The largest absolute Gasteiger partial charge is 0.372 e. The first-order chi connectivity index (χ1) is 10.1. The summed E-state index contributed by atoms with van der Waals surface area (Å²) in [6, 6.07) is 7.89. The summed E-state index contributed by atoms with van der Waals surface area (Å²) in [5.41, 5.74) is 0.643. The van der Waals surface area contributed by atoms with E-state index < -0.39 is 5.82 Å². The van der Waals surface area contributed by atoms with E-state index in [-0.39, 0.29) is 11.6 Å². The number of hydrogen-bond acceptors (Lipinski definition) is 3. The second-order valence-electron chi connectivity index (χ2n) is 4.30. The number of nitrogens with one attached hydrogen (secondary N) is 1. The van der Waals surface area contributed by atoms with E-state index >= 15 is 0 Å². The van der Waals surface area contributed by atoms with Crippen molar-refractivity contribution < 1.29 is 9.18 Å². The van der Waals surface area contributed by atoms with Gasteiger partial charge in [-0.25, -0.2) is 9.37 Å². The Labute approximate surface area is 131 Å². The van der Waals surface area contributed by atoms with Crippen molar-refractivity contribution in [1.82, 2.24) is 4.98 Å². The molecule has 2 rings (SSSR count). The summed E-state index contributed by atoms with van der Waals surface area (Å²) in [4.78, 5) is 18.3. The highest BCUT2D eigenvalue weighted by molar-refractivity contribution is 9.10. The molecule has 0 aliphatic carbocycles. The second kappa shape index (κ2) is 6.67. The number of aromatic nitrogens is 1. The molecule has 1 heterocycles. The van der Waals surface area contributed by atoms with Gasteiger partial charge in [0.1, 0.15) is 11.6 Å². The van der Waals surface area contributed by atoms with Gasteiger partial charge in [-0.2, -0.15) is 0 Å². The van der Waals surface area contributed by atoms with E-state index in [9.17, 15) is 9.18 Å². The third-order valence-corrected chi connectivity index (χ3v) is 3.46. The van der Waals surface area contributed by atoms with Crippen molar-refractivity contribution in [3.63, 3.8) is 0 Å². The van der Waals surface area contributed by atoms with Crippen molar-refractivity contribution in [2.24, 2.45) is 0 Å².